The van der Waals surface area contributed by atoms with Crippen molar-refractivity contribution in [2.45, 2.75) is 0 Å². The summed E-state index contributed by atoms with van der Waals surface area (Å²) in [6.45, 7) is 7.98. The number of halogens is 1. The maximum Gasteiger partial charge on any atom is 0.363 e. The van der Waals surface area contributed by atoms with Crippen molar-refractivity contribution in [3.8, 4) is 11.5 Å². The Morgan fingerprint density at radius 2 is 1.75 bits per heavy atom. The van der Waals surface area contributed by atoms with Crippen LogP contribution >= 0.6 is 15.9 Å². The van der Waals surface area contributed by atoms with E-state index in [-0.39, 0.29) is 11.6 Å². The number of benzene rings is 2. The standard InChI is InChI=1S/C22H18BrNO4/c1-3-11-26-19-10-9-15(14-20(19)27-12-4-2)13-18-22(25)28-21(24-18)16-7-5-6-8-17(16)23/h3-10,13-14H,1-2,11-12H2/b18-13+. The third-order valence-corrected chi connectivity index (χ3v) is 4.40. The first-order valence-electron chi connectivity index (χ1n) is 8.51. The minimum Gasteiger partial charge on any atom is -0.486 e. The van der Waals surface area contributed by atoms with Gasteiger partial charge in [-0.2, -0.15) is 0 Å². The molecule has 2 aromatic carbocycles. The third-order valence-electron chi connectivity index (χ3n) is 3.71. The van der Waals surface area contributed by atoms with Crippen LogP contribution in [0.3, 0.4) is 0 Å². The summed E-state index contributed by atoms with van der Waals surface area (Å²) in [4.78, 5) is 16.6. The smallest absolute Gasteiger partial charge is 0.363 e. The average molecular weight is 440 g/mol. The number of carbonyl (C=O) groups excluding carboxylic acids is 1. The number of hydrogen-bond donors (Lipinski definition) is 0. The molecule has 0 saturated heterocycles. The summed E-state index contributed by atoms with van der Waals surface area (Å²) < 4.78 is 17.4. The Morgan fingerprint density at radius 3 is 2.46 bits per heavy atom. The number of hydrogen-bond acceptors (Lipinski definition) is 5. The van der Waals surface area contributed by atoms with E-state index in [1.165, 1.54) is 0 Å². The quantitative estimate of drug-likeness (QED) is 0.332. The number of rotatable bonds is 8. The van der Waals surface area contributed by atoms with Crippen molar-refractivity contribution in [3.63, 3.8) is 0 Å². The summed E-state index contributed by atoms with van der Waals surface area (Å²) >= 11 is 3.44. The Morgan fingerprint density at radius 1 is 1.04 bits per heavy atom. The molecular weight excluding hydrogens is 422 g/mol. The molecule has 0 unspecified atom stereocenters. The lowest BCUT2D eigenvalue weighted by atomic mass is 10.1. The van der Waals surface area contributed by atoms with Crippen LogP contribution in [0.4, 0.5) is 0 Å². The van der Waals surface area contributed by atoms with E-state index >= 15 is 0 Å². The maximum atomic E-state index is 12.2. The van der Waals surface area contributed by atoms with Gasteiger partial charge in [-0.05, 0) is 51.8 Å². The average Bonchev–Trinajstić information content (AvgIpc) is 3.06. The van der Waals surface area contributed by atoms with Gasteiger partial charge in [0.15, 0.2) is 17.2 Å². The molecule has 1 heterocycles. The van der Waals surface area contributed by atoms with Gasteiger partial charge in [0.05, 0.1) is 5.56 Å². The van der Waals surface area contributed by atoms with Crippen molar-refractivity contribution in [3.05, 3.63) is 89.1 Å². The van der Waals surface area contributed by atoms with Crippen molar-refractivity contribution in [1.29, 1.82) is 0 Å². The zero-order valence-corrected chi connectivity index (χ0v) is 16.6. The molecule has 1 aliphatic heterocycles. The second-order valence-electron chi connectivity index (χ2n) is 5.72. The molecule has 0 fully saturated rings. The SMILES string of the molecule is C=CCOc1ccc(/C=C2/N=C(c3ccccc3Br)OC2=O)cc1OCC=C. The fourth-order valence-electron chi connectivity index (χ4n) is 2.46. The van der Waals surface area contributed by atoms with Crippen LogP contribution in [-0.2, 0) is 9.53 Å². The van der Waals surface area contributed by atoms with Crippen LogP contribution in [0, 0.1) is 0 Å². The molecule has 0 amide bonds. The number of cyclic esters (lactones) is 1. The highest BCUT2D eigenvalue weighted by Gasteiger charge is 2.25. The van der Waals surface area contributed by atoms with Gasteiger partial charge in [-0.15, -0.1) is 0 Å². The Kier molecular flexibility index (Phi) is 6.45. The first-order valence-corrected chi connectivity index (χ1v) is 9.30. The van der Waals surface area contributed by atoms with Gasteiger partial charge in [0.1, 0.15) is 13.2 Å². The fourth-order valence-corrected chi connectivity index (χ4v) is 2.92. The Labute approximate surface area is 171 Å². The van der Waals surface area contributed by atoms with Gasteiger partial charge < -0.3 is 14.2 Å². The summed E-state index contributed by atoms with van der Waals surface area (Å²) in [5.74, 6) is 0.872. The Balaban J connectivity index is 1.91. The van der Waals surface area contributed by atoms with E-state index in [2.05, 4.69) is 34.1 Å². The molecule has 0 N–H and O–H groups in total. The first kappa shape index (κ1) is 19.6. The summed E-state index contributed by atoms with van der Waals surface area (Å²) in [7, 11) is 0. The number of aliphatic imine (C=N–C) groups is 1. The molecule has 6 heteroatoms. The Bertz CT molecular complexity index is 978. The summed E-state index contributed by atoms with van der Waals surface area (Å²) in [5, 5.41) is 0. The molecule has 28 heavy (non-hydrogen) atoms. The van der Waals surface area contributed by atoms with Gasteiger partial charge in [-0.25, -0.2) is 9.79 Å². The van der Waals surface area contributed by atoms with Gasteiger partial charge in [0.2, 0.25) is 5.90 Å². The van der Waals surface area contributed by atoms with E-state index < -0.39 is 5.97 Å². The van der Waals surface area contributed by atoms with Crippen LogP contribution in [-0.4, -0.2) is 25.1 Å². The molecule has 1 aliphatic rings. The monoisotopic (exact) mass is 439 g/mol. The number of nitrogens with zero attached hydrogens (tertiary/aromatic N) is 1. The Hall–Kier alpha value is -3.12. The molecule has 0 radical (unpaired) electrons. The van der Waals surface area contributed by atoms with Crippen molar-refractivity contribution in [1.82, 2.24) is 0 Å². The van der Waals surface area contributed by atoms with Crippen LogP contribution in [0.2, 0.25) is 0 Å². The lowest BCUT2D eigenvalue weighted by molar-refractivity contribution is -0.129. The minimum atomic E-state index is -0.508. The highest BCUT2D eigenvalue weighted by atomic mass is 79.9. The van der Waals surface area contributed by atoms with Crippen molar-refractivity contribution in [2.24, 2.45) is 4.99 Å². The van der Waals surface area contributed by atoms with Crippen LogP contribution in [0.15, 0.2) is 82.9 Å². The minimum absolute atomic E-state index is 0.209. The van der Waals surface area contributed by atoms with E-state index in [9.17, 15) is 4.79 Å². The van der Waals surface area contributed by atoms with Crippen molar-refractivity contribution < 1.29 is 19.0 Å². The predicted molar refractivity (Wildman–Crippen MR) is 113 cm³/mol. The first-order chi connectivity index (χ1) is 13.6. The highest BCUT2D eigenvalue weighted by Crippen LogP contribution is 2.30. The van der Waals surface area contributed by atoms with Gasteiger partial charge in [-0.1, -0.05) is 43.5 Å². The van der Waals surface area contributed by atoms with Crippen molar-refractivity contribution in [2.75, 3.05) is 13.2 Å². The summed E-state index contributed by atoms with van der Waals surface area (Å²) in [6.07, 6.45) is 4.94. The molecular formula is C22H18BrNO4. The second-order valence-corrected chi connectivity index (χ2v) is 6.58. The van der Waals surface area contributed by atoms with E-state index in [1.54, 1.807) is 30.4 Å². The topological polar surface area (TPSA) is 57.1 Å². The van der Waals surface area contributed by atoms with Gasteiger partial charge in [-0.3, -0.25) is 0 Å². The highest BCUT2D eigenvalue weighted by molar-refractivity contribution is 9.10. The van der Waals surface area contributed by atoms with E-state index in [0.29, 0.717) is 30.3 Å². The van der Waals surface area contributed by atoms with Gasteiger partial charge >= 0.3 is 5.97 Å². The van der Waals surface area contributed by atoms with Crippen LogP contribution < -0.4 is 9.47 Å². The normalized spacial score (nSPS) is 14.4. The molecule has 2 aromatic rings. The molecule has 0 atom stereocenters. The molecule has 0 bridgehead atoms. The van der Waals surface area contributed by atoms with Crippen LogP contribution in [0.1, 0.15) is 11.1 Å². The number of ether oxygens (including phenoxy) is 3. The van der Waals surface area contributed by atoms with Crippen LogP contribution in [0.5, 0.6) is 11.5 Å². The third kappa shape index (κ3) is 4.58. The van der Waals surface area contributed by atoms with E-state index in [0.717, 1.165) is 10.0 Å². The molecule has 5 nitrogen and oxygen atoms in total. The van der Waals surface area contributed by atoms with Gasteiger partial charge in [0, 0.05) is 4.47 Å². The molecule has 0 saturated carbocycles. The zero-order chi connectivity index (χ0) is 19.9. The van der Waals surface area contributed by atoms with E-state index in [4.69, 9.17) is 14.2 Å². The molecule has 0 spiro atoms. The number of esters is 1. The van der Waals surface area contributed by atoms with Crippen LogP contribution in [0.25, 0.3) is 6.08 Å². The largest absolute Gasteiger partial charge is 0.486 e. The maximum absolute atomic E-state index is 12.2. The van der Waals surface area contributed by atoms with Gasteiger partial charge in [0.25, 0.3) is 0 Å². The predicted octanol–water partition coefficient (Wildman–Crippen LogP) is 4.92. The summed E-state index contributed by atoms with van der Waals surface area (Å²) in [6, 6.07) is 12.8. The molecule has 0 aromatic heterocycles. The zero-order valence-electron chi connectivity index (χ0n) is 15.1. The second kappa shape index (κ2) is 9.19. The lowest BCUT2D eigenvalue weighted by Crippen LogP contribution is -2.05. The summed E-state index contributed by atoms with van der Waals surface area (Å²) in [5.41, 5.74) is 1.65. The fraction of sp³-hybridized carbons (Fsp3) is 0.0909. The van der Waals surface area contributed by atoms with E-state index in [1.807, 2.05) is 30.3 Å². The van der Waals surface area contributed by atoms with Crippen molar-refractivity contribution >= 4 is 33.9 Å². The molecule has 0 aliphatic carbocycles. The lowest BCUT2D eigenvalue weighted by Gasteiger charge is -2.11. The molecule has 142 valence electrons. The number of carbonyl (C=O) groups is 1. The molecule has 3 rings (SSSR count).